The Labute approximate surface area is 216 Å². The summed E-state index contributed by atoms with van der Waals surface area (Å²) < 4.78 is 69.7. The molecule has 2 saturated heterocycles. The number of nitrogens with zero attached hydrogens (tertiary/aromatic N) is 4. The number of para-hydroxylation sites is 1. The van der Waals surface area contributed by atoms with Gasteiger partial charge in [0.1, 0.15) is 11.9 Å². The number of likely N-dealkylation sites (tertiary alicyclic amines) is 1. The van der Waals surface area contributed by atoms with Gasteiger partial charge < -0.3 is 14.9 Å². The van der Waals surface area contributed by atoms with Crippen LogP contribution >= 0.6 is 0 Å². The lowest BCUT2D eigenvalue weighted by Gasteiger charge is -2.18. The summed E-state index contributed by atoms with van der Waals surface area (Å²) in [6, 6.07) is 12.6. The molecule has 16 heteroatoms. The summed E-state index contributed by atoms with van der Waals surface area (Å²) in [4.78, 5) is 29.5. The molecule has 212 valence electrons. The SMILES string of the molecule is Cc1nc([C@@H]2C[C@H]3CN(Cc4ccc5ccccc5n4)C[C@H]3O2)n[nH]1.O=C(O)C(F)(F)F.O=C(O)C(F)(F)F. The maximum Gasteiger partial charge on any atom is 0.490 e. The minimum Gasteiger partial charge on any atom is -0.475 e. The smallest absolute Gasteiger partial charge is 0.475 e. The number of hydrogen-bond donors (Lipinski definition) is 3. The van der Waals surface area contributed by atoms with E-state index in [1.165, 1.54) is 5.39 Å². The van der Waals surface area contributed by atoms with E-state index in [4.69, 9.17) is 29.5 Å². The van der Waals surface area contributed by atoms with Gasteiger partial charge in [0, 0.05) is 30.9 Å². The standard InChI is InChI=1S/C19H21N5O.2C2HF3O2/c1-12-20-19(23-22-12)17-8-14-9-24(11-18(14)25-17)10-15-7-6-13-4-2-3-5-16(13)21-15;2*3-2(4,5)1(6)7/h2-7,14,17-18H,8-11H2,1H3,(H,20,22,23);2*(H,6,7)/t14-,17-,18+;;/m0../s1. The van der Waals surface area contributed by atoms with Crippen LogP contribution in [0.3, 0.4) is 0 Å². The third kappa shape index (κ3) is 8.35. The molecule has 3 N–H and O–H groups in total. The topological polar surface area (TPSA) is 142 Å². The van der Waals surface area contributed by atoms with Crippen molar-refractivity contribution in [3.8, 4) is 0 Å². The molecule has 39 heavy (non-hydrogen) atoms. The van der Waals surface area contributed by atoms with Crippen LogP contribution in [0, 0.1) is 12.8 Å². The van der Waals surface area contributed by atoms with Crippen LogP contribution in [-0.2, 0) is 20.9 Å². The molecule has 0 aliphatic carbocycles. The Morgan fingerprint density at radius 2 is 1.62 bits per heavy atom. The number of carboxylic acids is 2. The number of aromatic amines is 1. The zero-order valence-electron chi connectivity index (χ0n) is 20.2. The molecule has 3 atom stereocenters. The van der Waals surface area contributed by atoms with E-state index < -0.39 is 24.3 Å². The summed E-state index contributed by atoms with van der Waals surface area (Å²) in [7, 11) is 0. The van der Waals surface area contributed by atoms with E-state index in [-0.39, 0.29) is 12.2 Å². The normalized spacial score (nSPS) is 20.9. The third-order valence-corrected chi connectivity index (χ3v) is 5.74. The van der Waals surface area contributed by atoms with Crippen LogP contribution in [0.25, 0.3) is 10.9 Å². The lowest BCUT2D eigenvalue weighted by molar-refractivity contribution is -0.193. The number of carbonyl (C=O) groups is 2. The van der Waals surface area contributed by atoms with Gasteiger partial charge in [0.15, 0.2) is 5.82 Å². The Bertz CT molecular complexity index is 1260. The van der Waals surface area contributed by atoms with Crippen molar-refractivity contribution >= 4 is 22.8 Å². The van der Waals surface area contributed by atoms with Crippen LogP contribution in [0.15, 0.2) is 36.4 Å². The molecular weight excluding hydrogens is 540 g/mol. The highest BCUT2D eigenvalue weighted by Crippen LogP contribution is 2.40. The number of carboxylic acid groups (broad SMARTS) is 2. The molecule has 5 rings (SSSR count). The van der Waals surface area contributed by atoms with Crippen LogP contribution < -0.4 is 0 Å². The molecule has 2 aliphatic rings. The van der Waals surface area contributed by atoms with Crippen LogP contribution in [0.1, 0.15) is 29.9 Å². The van der Waals surface area contributed by atoms with E-state index in [0.29, 0.717) is 5.92 Å². The molecule has 0 radical (unpaired) electrons. The monoisotopic (exact) mass is 563 g/mol. The fraction of sp³-hybridized carbons (Fsp3) is 0.435. The molecular formula is C23H23F6N5O5. The highest BCUT2D eigenvalue weighted by atomic mass is 19.4. The molecule has 0 bridgehead atoms. The number of halogens is 6. The van der Waals surface area contributed by atoms with Crippen LogP contribution in [0.5, 0.6) is 0 Å². The second-order valence-electron chi connectivity index (χ2n) is 8.73. The highest BCUT2D eigenvalue weighted by molar-refractivity contribution is 5.78. The second-order valence-corrected chi connectivity index (χ2v) is 8.73. The van der Waals surface area contributed by atoms with Gasteiger partial charge in [0.25, 0.3) is 0 Å². The minimum absolute atomic E-state index is 0.0425. The van der Waals surface area contributed by atoms with E-state index in [9.17, 15) is 26.3 Å². The summed E-state index contributed by atoms with van der Waals surface area (Å²) in [5.74, 6) is -3.31. The van der Waals surface area contributed by atoms with Crippen LogP contribution in [0.4, 0.5) is 26.3 Å². The van der Waals surface area contributed by atoms with E-state index >= 15 is 0 Å². The summed E-state index contributed by atoms with van der Waals surface area (Å²) >= 11 is 0. The Balaban J connectivity index is 0.000000251. The Morgan fingerprint density at radius 3 is 2.15 bits per heavy atom. The number of ether oxygens (including phenoxy) is 1. The average molecular weight is 563 g/mol. The second kappa shape index (κ2) is 11.9. The van der Waals surface area contributed by atoms with E-state index in [1.54, 1.807) is 0 Å². The maximum atomic E-state index is 10.6. The van der Waals surface area contributed by atoms with E-state index in [1.807, 2.05) is 13.0 Å². The molecule has 0 saturated carbocycles. The average Bonchev–Trinajstić information content (AvgIpc) is 3.53. The van der Waals surface area contributed by atoms with Crippen molar-refractivity contribution in [2.45, 2.75) is 44.4 Å². The van der Waals surface area contributed by atoms with Crippen molar-refractivity contribution in [3.63, 3.8) is 0 Å². The first-order valence-electron chi connectivity index (χ1n) is 11.3. The number of aromatic nitrogens is 4. The first kappa shape index (κ1) is 29.8. The van der Waals surface area contributed by atoms with Gasteiger partial charge in [-0.3, -0.25) is 15.0 Å². The molecule has 0 amide bonds. The van der Waals surface area contributed by atoms with Gasteiger partial charge in [0.05, 0.1) is 17.3 Å². The quantitative estimate of drug-likeness (QED) is 0.405. The maximum absolute atomic E-state index is 10.6. The molecule has 0 spiro atoms. The van der Waals surface area contributed by atoms with E-state index in [0.717, 1.165) is 48.9 Å². The Hall–Kier alpha value is -3.79. The van der Waals surface area contributed by atoms with Crippen molar-refractivity contribution < 1.29 is 50.9 Å². The van der Waals surface area contributed by atoms with Gasteiger partial charge >= 0.3 is 24.3 Å². The van der Waals surface area contributed by atoms with Gasteiger partial charge in [-0.15, -0.1) is 0 Å². The van der Waals surface area contributed by atoms with Gasteiger partial charge in [-0.25, -0.2) is 14.6 Å². The third-order valence-electron chi connectivity index (χ3n) is 5.74. The van der Waals surface area contributed by atoms with Gasteiger partial charge in [-0.05, 0) is 25.5 Å². The highest BCUT2D eigenvalue weighted by Gasteiger charge is 2.43. The summed E-state index contributed by atoms with van der Waals surface area (Å²) in [5, 5.41) is 22.6. The zero-order chi connectivity index (χ0) is 29.0. The molecule has 3 aromatic rings. The van der Waals surface area contributed by atoms with Crippen molar-refractivity contribution in [3.05, 3.63) is 53.7 Å². The van der Waals surface area contributed by atoms with Crippen LogP contribution in [-0.4, -0.2) is 78.8 Å². The molecule has 1 aromatic carbocycles. The summed E-state index contributed by atoms with van der Waals surface area (Å²) in [6.07, 6.45) is -8.84. The summed E-state index contributed by atoms with van der Waals surface area (Å²) in [6.45, 7) is 4.81. The number of aryl methyl sites for hydroxylation is 1. The molecule has 2 aliphatic heterocycles. The Kier molecular flexibility index (Phi) is 9.11. The Morgan fingerprint density at radius 1 is 1.00 bits per heavy atom. The van der Waals surface area contributed by atoms with Crippen LogP contribution in [0.2, 0.25) is 0 Å². The number of rotatable bonds is 3. The lowest BCUT2D eigenvalue weighted by Crippen LogP contribution is -2.24. The molecule has 10 nitrogen and oxygen atoms in total. The first-order chi connectivity index (χ1) is 18.1. The van der Waals surface area contributed by atoms with E-state index in [2.05, 4.69) is 50.4 Å². The first-order valence-corrected chi connectivity index (χ1v) is 11.3. The fourth-order valence-electron chi connectivity index (χ4n) is 4.07. The number of pyridine rings is 1. The van der Waals surface area contributed by atoms with Gasteiger partial charge in [-0.1, -0.05) is 24.3 Å². The van der Waals surface area contributed by atoms with Crippen molar-refractivity contribution in [1.82, 2.24) is 25.1 Å². The van der Waals surface area contributed by atoms with Gasteiger partial charge in [0.2, 0.25) is 0 Å². The predicted octanol–water partition coefficient (Wildman–Crippen LogP) is 3.89. The van der Waals surface area contributed by atoms with Gasteiger partial charge in [-0.2, -0.15) is 31.4 Å². The van der Waals surface area contributed by atoms with Crippen molar-refractivity contribution in [2.75, 3.05) is 13.1 Å². The number of H-pyrrole nitrogens is 1. The molecule has 2 fully saturated rings. The molecule has 2 aromatic heterocycles. The lowest BCUT2D eigenvalue weighted by atomic mass is 10.0. The fourth-order valence-corrected chi connectivity index (χ4v) is 4.07. The largest absolute Gasteiger partial charge is 0.490 e. The van der Waals surface area contributed by atoms with Crippen molar-refractivity contribution in [1.29, 1.82) is 0 Å². The number of aliphatic carboxylic acids is 2. The minimum atomic E-state index is -5.08. The number of nitrogens with one attached hydrogen (secondary N) is 1. The zero-order valence-corrected chi connectivity index (χ0v) is 20.2. The number of hydrogen-bond acceptors (Lipinski definition) is 7. The molecule has 0 unspecified atom stereocenters. The predicted molar refractivity (Wildman–Crippen MR) is 121 cm³/mol. The molecule has 4 heterocycles. The van der Waals surface area contributed by atoms with Crippen molar-refractivity contribution in [2.24, 2.45) is 5.92 Å². The number of benzene rings is 1. The number of fused-ring (bicyclic) bond motifs is 2. The number of alkyl halides is 6. The summed E-state index contributed by atoms with van der Waals surface area (Å²) in [5.41, 5.74) is 2.19.